The molecule has 0 saturated heterocycles. The van der Waals surface area contributed by atoms with Crippen molar-refractivity contribution in [2.45, 2.75) is 58.4 Å². The third-order valence-corrected chi connectivity index (χ3v) is 2.85. The van der Waals surface area contributed by atoms with Crippen molar-refractivity contribution in [3.63, 3.8) is 0 Å². The normalized spacial score (nSPS) is 12.1. The Labute approximate surface area is 110 Å². The minimum atomic E-state index is -0.0407. The number of hydrogen-bond donors (Lipinski definition) is 3. The fourth-order valence-corrected chi connectivity index (χ4v) is 1.78. The van der Waals surface area contributed by atoms with Crippen LogP contribution in [0.1, 0.15) is 52.4 Å². The molecule has 0 aromatic heterocycles. The summed E-state index contributed by atoms with van der Waals surface area (Å²) in [5, 5.41) is 3.33. The summed E-state index contributed by atoms with van der Waals surface area (Å²) in [6, 6.07) is -0.0407. The zero-order chi connectivity index (χ0) is 13.8. The van der Waals surface area contributed by atoms with E-state index in [1.165, 1.54) is 12.8 Å². The van der Waals surface area contributed by atoms with Gasteiger partial charge in [-0.2, -0.15) is 0 Å². The Balaban J connectivity index is 3.92. The number of rotatable bonds is 11. The quantitative estimate of drug-likeness (QED) is 0.294. The van der Waals surface area contributed by atoms with Crippen molar-refractivity contribution in [3.05, 3.63) is 0 Å². The minimum Gasteiger partial charge on any atom is -0.370 e. The monoisotopic (exact) mass is 256 g/mol. The number of ketones is 1. The van der Waals surface area contributed by atoms with Gasteiger partial charge in [-0.15, -0.1) is 0 Å². The predicted octanol–water partition coefficient (Wildman–Crippen LogP) is 1.17. The molecule has 0 aliphatic carbocycles. The van der Waals surface area contributed by atoms with Gasteiger partial charge in [0.05, 0.1) is 6.04 Å². The summed E-state index contributed by atoms with van der Waals surface area (Å²) in [5.74, 6) is 0.389. The Morgan fingerprint density at radius 3 is 2.50 bits per heavy atom. The predicted molar refractivity (Wildman–Crippen MR) is 76.5 cm³/mol. The van der Waals surface area contributed by atoms with Crippen LogP contribution in [0, 0.1) is 0 Å². The Morgan fingerprint density at radius 2 is 1.94 bits per heavy atom. The van der Waals surface area contributed by atoms with E-state index in [1.807, 2.05) is 6.92 Å². The maximum absolute atomic E-state index is 11.8. The van der Waals surface area contributed by atoms with Gasteiger partial charge in [-0.05, 0) is 25.8 Å². The van der Waals surface area contributed by atoms with E-state index in [-0.39, 0.29) is 17.8 Å². The smallest absolute Gasteiger partial charge is 0.185 e. The number of nitrogens with zero attached hydrogens (tertiary/aromatic N) is 1. The van der Waals surface area contributed by atoms with E-state index in [1.54, 1.807) is 0 Å². The van der Waals surface area contributed by atoms with Crippen molar-refractivity contribution in [1.29, 1.82) is 0 Å². The Bertz CT molecular complexity index is 249. The maximum Gasteiger partial charge on any atom is 0.185 e. The molecule has 0 spiro atoms. The zero-order valence-corrected chi connectivity index (χ0v) is 11.7. The van der Waals surface area contributed by atoms with Crippen LogP contribution in [-0.4, -0.2) is 30.9 Å². The average Bonchev–Trinajstić information content (AvgIpc) is 2.35. The summed E-state index contributed by atoms with van der Waals surface area (Å²) in [6.45, 7) is 5.57. The molecule has 0 saturated carbocycles. The molecule has 5 heteroatoms. The molecule has 0 fully saturated rings. The van der Waals surface area contributed by atoms with Crippen molar-refractivity contribution in [2.24, 2.45) is 16.5 Å². The summed E-state index contributed by atoms with van der Waals surface area (Å²) in [6.07, 6.45) is 5.73. The Kier molecular flexibility index (Phi) is 10.3. The van der Waals surface area contributed by atoms with Crippen molar-refractivity contribution >= 4 is 11.7 Å². The van der Waals surface area contributed by atoms with E-state index in [0.717, 1.165) is 25.8 Å². The topological polar surface area (TPSA) is 93.5 Å². The third-order valence-electron chi connectivity index (χ3n) is 2.85. The highest BCUT2D eigenvalue weighted by molar-refractivity contribution is 5.83. The second-order valence-corrected chi connectivity index (χ2v) is 4.48. The first-order valence-electron chi connectivity index (χ1n) is 6.93. The van der Waals surface area contributed by atoms with Gasteiger partial charge in [-0.25, -0.2) is 0 Å². The fraction of sp³-hybridized carbons (Fsp3) is 0.846. The average molecular weight is 256 g/mol. The van der Waals surface area contributed by atoms with Crippen LogP contribution < -0.4 is 16.8 Å². The van der Waals surface area contributed by atoms with Gasteiger partial charge in [0.25, 0.3) is 0 Å². The van der Waals surface area contributed by atoms with Gasteiger partial charge in [0.2, 0.25) is 0 Å². The first-order valence-corrected chi connectivity index (χ1v) is 6.93. The number of carbonyl (C=O) groups excluding carboxylic acids is 1. The van der Waals surface area contributed by atoms with Gasteiger partial charge >= 0.3 is 0 Å². The summed E-state index contributed by atoms with van der Waals surface area (Å²) < 4.78 is 0. The number of aliphatic imine (C=N–C) groups is 1. The van der Waals surface area contributed by atoms with Crippen molar-refractivity contribution < 1.29 is 4.79 Å². The van der Waals surface area contributed by atoms with E-state index >= 15 is 0 Å². The van der Waals surface area contributed by atoms with E-state index in [9.17, 15) is 4.79 Å². The van der Waals surface area contributed by atoms with Crippen molar-refractivity contribution in [2.75, 3.05) is 13.1 Å². The molecule has 0 aromatic carbocycles. The van der Waals surface area contributed by atoms with Crippen LogP contribution in [-0.2, 0) is 4.79 Å². The molecule has 0 unspecified atom stereocenters. The first-order chi connectivity index (χ1) is 8.61. The maximum atomic E-state index is 11.8. The summed E-state index contributed by atoms with van der Waals surface area (Å²) >= 11 is 0. The van der Waals surface area contributed by atoms with E-state index in [0.29, 0.717) is 13.0 Å². The molecule has 0 rings (SSSR count). The highest BCUT2D eigenvalue weighted by Gasteiger charge is 2.14. The first kappa shape index (κ1) is 16.9. The van der Waals surface area contributed by atoms with Gasteiger partial charge < -0.3 is 16.8 Å². The lowest BCUT2D eigenvalue weighted by atomic mass is 10.0. The highest BCUT2D eigenvalue weighted by Crippen LogP contribution is 2.03. The molecular weight excluding hydrogens is 228 g/mol. The molecule has 0 aliphatic rings. The molecule has 106 valence electrons. The standard InChI is InChI=1S/C13H28N4O/c1-3-5-6-9-16-11(12(18)4-2)8-7-10-17-13(14)15/h11,16H,3-10H2,1-2H3,(H4,14,15,17)/t11-/m0/s1. The fourth-order valence-electron chi connectivity index (χ4n) is 1.78. The van der Waals surface area contributed by atoms with E-state index < -0.39 is 0 Å². The number of hydrogen-bond acceptors (Lipinski definition) is 3. The van der Waals surface area contributed by atoms with Crippen molar-refractivity contribution in [1.82, 2.24) is 5.32 Å². The lowest BCUT2D eigenvalue weighted by Gasteiger charge is -2.16. The van der Waals surface area contributed by atoms with Crippen LogP contribution >= 0.6 is 0 Å². The van der Waals surface area contributed by atoms with Gasteiger partial charge in [-0.3, -0.25) is 9.79 Å². The van der Waals surface area contributed by atoms with Gasteiger partial charge in [0, 0.05) is 13.0 Å². The number of Topliss-reactive ketones (excluding diaryl/α,β-unsaturated/α-hetero) is 1. The van der Waals surface area contributed by atoms with E-state index in [4.69, 9.17) is 11.5 Å². The van der Waals surface area contributed by atoms with Crippen LogP contribution in [0.4, 0.5) is 0 Å². The van der Waals surface area contributed by atoms with Crippen LogP contribution in [0.25, 0.3) is 0 Å². The Morgan fingerprint density at radius 1 is 1.22 bits per heavy atom. The van der Waals surface area contributed by atoms with Crippen molar-refractivity contribution in [3.8, 4) is 0 Å². The largest absolute Gasteiger partial charge is 0.370 e. The number of nitrogens with two attached hydrogens (primary N) is 2. The molecular formula is C13H28N4O. The molecule has 5 nitrogen and oxygen atoms in total. The van der Waals surface area contributed by atoms with E-state index in [2.05, 4.69) is 17.2 Å². The number of nitrogens with one attached hydrogen (secondary N) is 1. The van der Waals surface area contributed by atoms with Gasteiger partial charge in [0.1, 0.15) is 5.78 Å². The highest BCUT2D eigenvalue weighted by atomic mass is 16.1. The SMILES string of the molecule is CCCCCN[C@@H](CCCN=C(N)N)C(=O)CC. The molecule has 0 heterocycles. The lowest BCUT2D eigenvalue weighted by molar-refractivity contribution is -0.120. The van der Waals surface area contributed by atoms with Gasteiger partial charge in [-0.1, -0.05) is 26.7 Å². The summed E-state index contributed by atoms with van der Waals surface area (Å²) in [4.78, 5) is 15.7. The molecule has 0 aromatic rings. The third kappa shape index (κ3) is 8.98. The summed E-state index contributed by atoms with van der Waals surface area (Å²) in [7, 11) is 0. The number of carbonyl (C=O) groups is 1. The van der Waals surface area contributed by atoms with Crippen LogP contribution in [0.3, 0.4) is 0 Å². The van der Waals surface area contributed by atoms with Gasteiger partial charge in [0.15, 0.2) is 5.96 Å². The molecule has 0 radical (unpaired) electrons. The molecule has 18 heavy (non-hydrogen) atoms. The summed E-state index contributed by atoms with van der Waals surface area (Å²) in [5.41, 5.74) is 10.5. The molecule has 0 bridgehead atoms. The molecule has 0 aliphatic heterocycles. The second kappa shape index (κ2) is 11.0. The number of unbranched alkanes of at least 4 members (excludes halogenated alkanes) is 2. The molecule has 0 amide bonds. The zero-order valence-electron chi connectivity index (χ0n) is 11.7. The molecule has 5 N–H and O–H groups in total. The van der Waals surface area contributed by atoms with Crippen LogP contribution in [0.15, 0.2) is 4.99 Å². The van der Waals surface area contributed by atoms with Crippen LogP contribution in [0.5, 0.6) is 0 Å². The lowest BCUT2D eigenvalue weighted by Crippen LogP contribution is -2.37. The minimum absolute atomic E-state index is 0.0407. The molecule has 1 atom stereocenters. The second-order valence-electron chi connectivity index (χ2n) is 4.48. The Hall–Kier alpha value is -1.10. The number of guanidine groups is 1. The van der Waals surface area contributed by atoms with Crippen LogP contribution in [0.2, 0.25) is 0 Å².